The van der Waals surface area contributed by atoms with Crippen LogP contribution in [0.25, 0.3) is 0 Å². The summed E-state index contributed by atoms with van der Waals surface area (Å²) in [6.07, 6.45) is 0. The van der Waals surface area contributed by atoms with Crippen molar-refractivity contribution in [1.82, 2.24) is 4.90 Å². The Labute approximate surface area is 76.1 Å². The Morgan fingerprint density at radius 2 is 2.00 bits per heavy atom. The van der Waals surface area contributed by atoms with Crippen LogP contribution >= 0.6 is 0 Å². The molecule has 0 radical (unpaired) electrons. The average Bonchev–Trinajstić information content (AvgIpc) is 2.13. The molecule has 0 aliphatic carbocycles. The van der Waals surface area contributed by atoms with Crippen LogP contribution < -0.4 is 5.73 Å². The standard InChI is InChI=1S/C9H14N2/c1-11(2)7-8-3-5-9(10)6-4-8/h3-6H,7,10H2,1-2H3/i1D3,2D3. The molecule has 2 heteroatoms. The Morgan fingerprint density at radius 1 is 1.36 bits per heavy atom. The molecule has 0 atom stereocenters. The lowest BCUT2D eigenvalue weighted by molar-refractivity contribution is 0.402. The minimum absolute atomic E-state index is 0.173. The monoisotopic (exact) mass is 156 g/mol. The lowest BCUT2D eigenvalue weighted by Crippen LogP contribution is -2.10. The van der Waals surface area contributed by atoms with Crippen LogP contribution in [0.15, 0.2) is 24.3 Å². The summed E-state index contributed by atoms with van der Waals surface area (Å²) in [6.45, 7) is -5.49. The van der Waals surface area contributed by atoms with Crippen molar-refractivity contribution in [3.63, 3.8) is 0 Å². The van der Waals surface area contributed by atoms with Crippen molar-refractivity contribution in [1.29, 1.82) is 0 Å². The van der Waals surface area contributed by atoms with Gasteiger partial charge in [0.1, 0.15) is 0 Å². The first kappa shape index (κ1) is 3.15. The van der Waals surface area contributed by atoms with Crippen molar-refractivity contribution in [2.75, 3.05) is 19.7 Å². The zero-order chi connectivity index (χ0) is 13.3. The number of nitrogen functional groups attached to an aromatic ring is 1. The SMILES string of the molecule is [2H]C([2H])([2H])N(Cc1ccc(N)cc1)C([2H])([2H])[2H]. The summed E-state index contributed by atoms with van der Waals surface area (Å²) in [5.74, 6) is 0. The molecule has 0 bridgehead atoms. The molecule has 2 nitrogen and oxygen atoms in total. The third kappa shape index (κ3) is 2.60. The molecule has 11 heavy (non-hydrogen) atoms. The van der Waals surface area contributed by atoms with Crippen molar-refractivity contribution in [3.8, 4) is 0 Å². The van der Waals surface area contributed by atoms with Crippen LogP contribution in [0.3, 0.4) is 0 Å². The van der Waals surface area contributed by atoms with Crippen molar-refractivity contribution >= 4 is 5.69 Å². The van der Waals surface area contributed by atoms with E-state index in [9.17, 15) is 0 Å². The van der Waals surface area contributed by atoms with Crippen molar-refractivity contribution < 1.29 is 8.22 Å². The third-order valence-electron chi connectivity index (χ3n) is 1.32. The highest BCUT2D eigenvalue weighted by molar-refractivity contribution is 5.39. The molecular weight excluding hydrogens is 136 g/mol. The first-order valence-corrected chi connectivity index (χ1v) is 3.23. The number of hydrogen-bond acceptors (Lipinski definition) is 2. The van der Waals surface area contributed by atoms with Gasteiger partial charge in [-0.25, -0.2) is 0 Å². The van der Waals surface area contributed by atoms with Gasteiger partial charge in [0.25, 0.3) is 0 Å². The topological polar surface area (TPSA) is 29.3 Å². The molecule has 0 saturated carbocycles. The lowest BCUT2D eigenvalue weighted by Gasteiger charge is -2.08. The summed E-state index contributed by atoms with van der Waals surface area (Å²) >= 11 is 0. The van der Waals surface area contributed by atoms with Crippen LogP contribution in [0.4, 0.5) is 5.69 Å². The second-order valence-corrected chi connectivity index (χ2v) is 2.33. The number of rotatable bonds is 2. The normalized spacial score (nSPS) is 20.8. The summed E-state index contributed by atoms with van der Waals surface area (Å²) in [5, 5.41) is 0. The van der Waals surface area contributed by atoms with E-state index >= 15 is 0 Å². The summed E-state index contributed by atoms with van der Waals surface area (Å²) < 4.78 is 43.3. The van der Waals surface area contributed by atoms with E-state index in [0.29, 0.717) is 16.2 Å². The number of nitrogens with zero attached hydrogens (tertiary/aromatic N) is 1. The van der Waals surface area contributed by atoms with E-state index in [1.165, 1.54) is 0 Å². The molecule has 0 aliphatic rings. The molecule has 0 spiro atoms. The van der Waals surface area contributed by atoms with Crippen molar-refractivity contribution in [3.05, 3.63) is 29.8 Å². The number of anilines is 1. The molecule has 0 unspecified atom stereocenters. The van der Waals surface area contributed by atoms with Gasteiger partial charge in [0, 0.05) is 20.5 Å². The van der Waals surface area contributed by atoms with Gasteiger partial charge >= 0.3 is 0 Å². The van der Waals surface area contributed by atoms with E-state index in [-0.39, 0.29) is 6.54 Å². The van der Waals surface area contributed by atoms with Gasteiger partial charge in [0.2, 0.25) is 0 Å². The predicted octanol–water partition coefficient (Wildman–Crippen LogP) is 1.33. The number of hydrogen-bond donors (Lipinski definition) is 1. The van der Waals surface area contributed by atoms with Gasteiger partial charge in [-0.05, 0) is 31.6 Å². The molecule has 1 aromatic carbocycles. The largest absolute Gasteiger partial charge is 0.399 e. The molecule has 60 valence electrons. The molecule has 2 N–H and O–H groups in total. The zero-order valence-corrected chi connectivity index (χ0v) is 6.04. The first-order valence-electron chi connectivity index (χ1n) is 6.23. The van der Waals surface area contributed by atoms with Gasteiger partial charge in [-0.2, -0.15) is 0 Å². The summed E-state index contributed by atoms with van der Waals surface area (Å²) in [5.41, 5.74) is 6.63. The second kappa shape index (κ2) is 3.39. The maximum atomic E-state index is 7.21. The number of nitrogens with two attached hydrogens (primary N) is 1. The van der Waals surface area contributed by atoms with Crippen molar-refractivity contribution in [2.45, 2.75) is 6.54 Å². The van der Waals surface area contributed by atoms with Gasteiger partial charge < -0.3 is 10.6 Å². The van der Waals surface area contributed by atoms with Crippen LogP contribution in [-0.2, 0) is 6.54 Å². The summed E-state index contributed by atoms with van der Waals surface area (Å²) in [6, 6.07) is 6.43. The quantitative estimate of drug-likeness (QED) is 0.654. The van der Waals surface area contributed by atoms with Crippen LogP contribution in [0.2, 0.25) is 0 Å². The second-order valence-electron chi connectivity index (χ2n) is 2.33. The van der Waals surface area contributed by atoms with Gasteiger partial charge in [-0.3, -0.25) is 0 Å². The molecule has 1 rings (SSSR count). The average molecular weight is 156 g/mol. The number of benzene rings is 1. The zero-order valence-electron chi connectivity index (χ0n) is 12.0. The van der Waals surface area contributed by atoms with Gasteiger partial charge in [0.05, 0.1) is 0 Å². The highest BCUT2D eigenvalue weighted by Crippen LogP contribution is 2.06. The molecule has 0 aromatic heterocycles. The van der Waals surface area contributed by atoms with E-state index in [2.05, 4.69) is 0 Å². The van der Waals surface area contributed by atoms with Crippen LogP contribution in [0, 0.1) is 0 Å². The van der Waals surface area contributed by atoms with Crippen LogP contribution in [0.1, 0.15) is 13.8 Å². The Hall–Kier alpha value is -1.02. The van der Waals surface area contributed by atoms with Gasteiger partial charge in [0.15, 0.2) is 0 Å². The predicted molar refractivity (Wildman–Crippen MR) is 48.2 cm³/mol. The van der Waals surface area contributed by atoms with Crippen LogP contribution in [-0.4, -0.2) is 18.9 Å². The molecule has 0 saturated heterocycles. The third-order valence-corrected chi connectivity index (χ3v) is 1.32. The van der Waals surface area contributed by atoms with Gasteiger partial charge in [-0.1, -0.05) is 12.1 Å². The minimum atomic E-state index is -2.66. The fourth-order valence-electron chi connectivity index (χ4n) is 0.806. The fourth-order valence-corrected chi connectivity index (χ4v) is 0.806. The van der Waals surface area contributed by atoms with E-state index < -0.39 is 14.0 Å². The minimum Gasteiger partial charge on any atom is -0.399 e. The van der Waals surface area contributed by atoms with Crippen LogP contribution in [0.5, 0.6) is 0 Å². The molecule has 0 heterocycles. The van der Waals surface area contributed by atoms with Crippen molar-refractivity contribution in [2.24, 2.45) is 0 Å². The molecule has 0 fully saturated rings. The summed E-state index contributed by atoms with van der Waals surface area (Å²) in [7, 11) is 0. The Kier molecular flexibility index (Phi) is 0.972. The Morgan fingerprint density at radius 3 is 2.55 bits per heavy atom. The smallest absolute Gasteiger partial charge is 0.0394 e. The maximum absolute atomic E-state index is 7.21. The maximum Gasteiger partial charge on any atom is 0.0394 e. The van der Waals surface area contributed by atoms with E-state index in [1.54, 1.807) is 24.3 Å². The Bertz CT molecular complexity index is 353. The molecule has 0 aliphatic heterocycles. The van der Waals surface area contributed by atoms with E-state index in [1.807, 2.05) is 0 Å². The van der Waals surface area contributed by atoms with Gasteiger partial charge in [-0.15, -0.1) is 0 Å². The fraction of sp³-hybridized carbons (Fsp3) is 0.333. The highest BCUT2D eigenvalue weighted by Gasteiger charge is 1.92. The molecular formula is C9H14N2. The molecule has 1 aromatic rings. The lowest BCUT2D eigenvalue weighted by atomic mass is 10.2. The molecule has 0 amide bonds. The Balaban J connectivity index is 2.92. The summed E-state index contributed by atoms with van der Waals surface area (Å²) in [4.78, 5) is 0.505. The van der Waals surface area contributed by atoms with E-state index in [0.717, 1.165) is 0 Å². The highest BCUT2D eigenvalue weighted by atomic mass is 15.0. The first-order chi connectivity index (χ1) is 7.60. The van der Waals surface area contributed by atoms with E-state index in [4.69, 9.17) is 14.0 Å².